The Kier molecular flexibility index (Phi) is 8.59. The molecule has 0 amide bonds. The zero-order valence-corrected chi connectivity index (χ0v) is 17.0. The number of esters is 1. The maximum absolute atomic E-state index is 12.1. The molecule has 1 rings (SSSR count). The quantitative estimate of drug-likeness (QED) is 0.501. The number of benzene rings is 1. The summed E-state index contributed by atoms with van der Waals surface area (Å²) in [6.45, 7) is 7.47. The third kappa shape index (κ3) is 7.57. The molecule has 0 aliphatic rings. The highest BCUT2D eigenvalue weighted by molar-refractivity contribution is 9.10. The van der Waals surface area contributed by atoms with Crippen molar-refractivity contribution in [3.8, 4) is 0 Å². The molecule has 2 N–H and O–H groups in total. The topological polar surface area (TPSA) is 78.6 Å². The van der Waals surface area contributed by atoms with Crippen LogP contribution in [0.2, 0.25) is 0 Å². The molecule has 0 saturated carbocycles. The van der Waals surface area contributed by atoms with Crippen molar-refractivity contribution < 1.29 is 19.2 Å². The van der Waals surface area contributed by atoms with E-state index in [0.29, 0.717) is 25.7 Å². The molecule has 0 aromatic heterocycles. The minimum atomic E-state index is -0.489. The van der Waals surface area contributed by atoms with Crippen molar-refractivity contribution in [1.82, 2.24) is 0 Å². The van der Waals surface area contributed by atoms with Crippen molar-refractivity contribution in [3.05, 3.63) is 34.3 Å². The Morgan fingerprint density at radius 1 is 1.20 bits per heavy atom. The molecule has 0 fully saturated rings. The first-order valence-electron chi connectivity index (χ1n) is 8.55. The number of halogens is 1. The normalized spacial score (nSPS) is 13.8. The van der Waals surface area contributed by atoms with Crippen molar-refractivity contribution in [2.45, 2.75) is 64.9 Å². The monoisotopic (exact) mass is 413 g/mol. The van der Waals surface area contributed by atoms with E-state index in [0.717, 1.165) is 10.0 Å². The smallest absolute Gasteiger partial charge is 0.328 e. The first-order valence-corrected chi connectivity index (χ1v) is 9.35. The van der Waals surface area contributed by atoms with E-state index in [2.05, 4.69) is 20.8 Å². The number of rotatable bonds is 8. The van der Waals surface area contributed by atoms with Crippen LogP contribution in [0.5, 0.6) is 0 Å². The summed E-state index contributed by atoms with van der Waals surface area (Å²) in [5.41, 5.74) is 0.543. The van der Waals surface area contributed by atoms with Gasteiger partial charge in [0.1, 0.15) is 5.60 Å². The van der Waals surface area contributed by atoms with E-state index in [-0.39, 0.29) is 17.8 Å². The van der Waals surface area contributed by atoms with Gasteiger partial charge < -0.3 is 9.57 Å². The minimum absolute atomic E-state index is 0.0587. The molecule has 0 spiro atoms. The maximum atomic E-state index is 12.1. The summed E-state index contributed by atoms with van der Waals surface area (Å²) >= 11 is 3.42. The molecule has 0 saturated heterocycles. The summed E-state index contributed by atoms with van der Waals surface area (Å²) in [6.07, 6.45) is 2.24. The second-order valence-electron chi connectivity index (χ2n) is 7.09. The van der Waals surface area contributed by atoms with Gasteiger partial charge in [-0.25, -0.2) is 0 Å². The average Bonchev–Trinajstić information content (AvgIpc) is 2.53. The summed E-state index contributed by atoms with van der Waals surface area (Å²) in [6, 6.07) is 7.84. The molecule has 2 atom stereocenters. The molecule has 0 bridgehead atoms. The lowest BCUT2D eigenvalue weighted by atomic mass is 9.81. The molecule has 2 unspecified atom stereocenters. The Morgan fingerprint density at radius 2 is 1.80 bits per heavy atom. The molecule has 5 nitrogen and oxygen atoms in total. The van der Waals surface area contributed by atoms with E-state index >= 15 is 0 Å². The van der Waals surface area contributed by atoms with Gasteiger partial charge >= 0.3 is 11.9 Å². The molecular weight excluding hydrogens is 386 g/mol. The lowest BCUT2D eigenvalue weighted by Crippen LogP contribution is -2.27. The van der Waals surface area contributed by atoms with Crippen LogP contribution in [0.4, 0.5) is 0 Å². The Balaban J connectivity index is 2.83. The van der Waals surface area contributed by atoms with Gasteiger partial charge in [0.2, 0.25) is 0 Å². The van der Waals surface area contributed by atoms with Crippen LogP contribution in [0.25, 0.3) is 0 Å². The molecule has 1 aromatic carbocycles. The molecule has 0 aliphatic carbocycles. The Labute approximate surface area is 158 Å². The third-order valence-electron chi connectivity index (χ3n) is 3.96. The minimum Gasteiger partial charge on any atom is -0.460 e. The molecule has 25 heavy (non-hydrogen) atoms. The van der Waals surface area contributed by atoms with Crippen molar-refractivity contribution in [3.63, 3.8) is 0 Å². The van der Waals surface area contributed by atoms with Crippen LogP contribution >= 0.6 is 15.9 Å². The fourth-order valence-electron chi connectivity index (χ4n) is 2.87. The average molecular weight is 414 g/mol. The molecular formula is C19H28BrNO4. The number of carbonyl (C=O) groups excluding carboxylic acids is 2. The van der Waals surface area contributed by atoms with Gasteiger partial charge in [-0.05, 0) is 63.6 Å². The van der Waals surface area contributed by atoms with E-state index in [1.807, 2.05) is 52.0 Å². The lowest BCUT2D eigenvalue weighted by Gasteiger charge is -2.25. The van der Waals surface area contributed by atoms with Gasteiger partial charge in [-0.2, -0.15) is 5.90 Å². The predicted octanol–water partition coefficient (Wildman–Crippen LogP) is 4.49. The number of ether oxygens (including phenoxy) is 1. The van der Waals surface area contributed by atoms with Crippen molar-refractivity contribution in [1.29, 1.82) is 0 Å². The van der Waals surface area contributed by atoms with Gasteiger partial charge in [0.05, 0.1) is 5.92 Å². The van der Waals surface area contributed by atoms with Crippen molar-refractivity contribution >= 4 is 27.9 Å². The zero-order chi connectivity index (χ0) is 19.0. The van der Waals surface area contributed by atoms with Crippen LogP contribution in [0.1, 0.15) is 64.9 Å². The Hall–Kier alpha value is -1.40. The Morgan fingerprint density at radius 3 is 2.28 bits per heavy atom. The second-order valence-corrected chi connectivity index (χ2v) is 8.00. The van der Waals surface area contributed by atoms with E-state index in [1.165, 1.54) is 0 Å². The van der Waals surface area contributed by atoms with Gasteiger partial charge in [-0.3, -0.25) is 9.59 Å². The van der Waals surface area contributed by atoms with E-state index in [1.54, 1.807) is 0 Å². The van der Waals surface area contributed by atoms with Gasteiger partial charge in [0, 0.05) is 10.9 Å². The van der Waals surface area contributed by atoms with E-state index in [9.17, 15) is 9.59 Å². The zero-order valence-electron chi connectivity index (χ0n) is 15.4. The molecule has 0 radical (unpaired) electrons. The molecule has 140 valence electrons. The molecule has 0 heterocycles. The van der Waals surface area contributed by atoms with Gasteiger partial charge in [0.25, 0.3) is 0 Å². The SMILES string of the molecule is CCC(C(=O)ON)C(CCCC(=O)OC(C)(C)C)c1ccc(Br)cc1. The largest absolute Gasteiger partial charge is 0.460 e. The summed E-state index contributed by atoms with van der Waals surface area (Å²) in [5.74, 6) is 4.05. The summed E-state index contributed by atoms with van der Waals surface area (Å²) in [7, 11) is 0. The van der Waals surface area contributed by atoms with Crippen LogP contribution in [0.3, 0.4) is 0 Å². The van der Waals surface area contributed by atoms with Crippen LogP contribution in [0, 0.1) is 5.92 Å². The molecule has 1 aromatic rings. The number of nitrogens with two attached hydrogens (primary N) is 1. The van der Waals surface area contributed by atoms with Gasteiger partial charge in [0.15, 0.2) is 0 Å². The Bertz CT molecular complexity index is 566. The van der Waals surface area contributed by atoms with Gasteiger partial charge in [-0.1, -0.05) is 35.0 Å². The first kappa shape index (κ1) is 21.6. The second kappa shape index (κ2) is 9.92. The highest BCUT2D eigenvalue weighted by Gasteiger charge is 2.29. The fraction of sp³-hybridized carbons (Fsp3) is 0.579. The summed E-state index contributed by atoms with van der Waals surface area (Å²) < 4.78 is 6.31. The van der Waals surface area contributed by atoms with Crippen LogP contribution in [-0.2, 0) is 19.2 Å². The van der Waals surface area contributed by atoms with Crippen LogP contribution < -0.4 is 5.90 Å². The maximum Gasteiger partial charge on any atom is 0.328 e. The highest BCUT2D eigenvalue weighted by atomic mass is 79.9. The first-order chi connectivity index (χ1) is 11.7. The summed E-state index contributed by atoms with van der Waals surface area (Å²) in [4.78, 5) is 28.5. The van der Waals surface area contributed by atoms with Crippen molar-refractivity contribution in [2.75, 3.05) is 0 Å². The van der Waals surface area contributed by atoms with E-state index in [4.69, 9.17) is 10.6 Å². The number of hydrogen-bond donors (Lipinski definition) is 1. The molecule has 6 heteroatoms. The highest BCUT2D eigenvalue weighted by Crippen LogP contribution is 2.33. The standard InChI is InChI=1S/C19H28BrNO4/c1-5-15(18(23)25-21)16(13-9-11-14(20)12-10-13)7-6-8-17(22)24-19(2,3)4/h9-12,15-16H,5-8,21H2,1-4H3. The third-order valence-corrected chi connectivity index (χ3v) is 4.49. The van der Waals surface area contributed by atoms with E-state index < -0.39 is 11.6 Å². The predicted molar refractivity (Wildman–Crippen MR) is 101 cm³/mol. The number of hydrogen-bond acceptors (Lipinski definition) is 5. The fourth-order valence-corrected chi connectivity index (χ4v) is 3.14. The lowest BCUT2D eigenvalue weighted by molar-refractivity contribution is -0.154. The van der Waals surface area contributed by atoms with Crippen LogP contribution in [0.15, 0.2) is 28.7 Å². The van der Waals surface area contributed by atoms with Crippen molar-refractivity contribution in [2.24, 2.45) is 11.8 Å². The van der Waals surface area contributed by atoms with Gasteiger partial charge in [-0.15, -0.1) is 0 Å². The van der Waals surface area contributed by atoms with Crippen LogP contribution in [-0.4, -0.2) is 17.5 Å². The number of carbonyl (C=O) groups is 2. The summed E-state index contributed by atoms with van der Waals surface area (Å²) in [5, 5.41) is 0. The molecule has 0 aliphatic heterocycles.